The van der Waals surface area contributed by atoms with E-state index in [9.17, 15) is 14.0 Å². The molecule has 0 saturated carbocycles. The number of carboxylic acids is 1. The average molecular weight is 334 g/mol. The molecular weight excluding hydrogens is 325 g/mol. The fraction of sp³-hybridized carbons (Fsp3) is 0.273. The zero-order valence-electron chi connectivity index (χ0n) is 9.10. The van der Waals surface area contributed by atoms with Gasteiger partial charge in [0.15, 0.2) is 0 Å². The van der Waals surface area contributed by atoms with E-state index in [4.69, 9.17) is 5.11 Å². The standard InChI is InChI=1S/C11H9BrFNO3S/c12-6-2-1-3-7(13)9(6)10(15)14-5-18-4-8(14)11(16)17/h1-3,8H,4-5H2,(H,16,17)/t8-/m0/s1. The Kier molecular flexibility index (Phi) is 3.91. The van der Waals surface area contributed by atoms with Crippen LogP contribution in [0.2, 0.25) is 0 Å². The van der Waals surface area contributed by atoms with Crippen LogP contribution in [0.3, 0.4) is 0 Å². The fourth-order valence-corrected chi connectivity index (χ4v) is 3.35. The second-order valence-electron chi connectivity index (χ2n) is 3.73. The van der Waals surface area contributed by atoms with Crippen LogP contribution in [0.5, 0.6) is 0 Å². The van der Waals surface area contributed by atoms with Crippen molar-refractivity contribution in [3.63, 3.8) is 0 Å². The van der Waals surface area contributed by atoms with Gasteiger partial charge in [0.25, 0.3) is 5.91 Å². The Hall–Kier alpha value is -1.08. The van der Waals surface area contributed by atoms with Crippen molar-refractivity contribution in [2.45, 2.75) is 6.04 Å². The number of hydrogen-bond acceptors (Lipinski definition) is 3. The Labute approximate surface area is 115 Å². The molecule has 4 nitrogen and oxygen atoms in total. The van der Waals surface area contributed by atoms with E-state index in [1.54, 1.807) is 6.07 Å². The van der Waals surface area contributed by atoms with Crippen molar-refractivity contribution < 1.29 is 19.1 Å². The van der Waals surface area contributed by atoms with Crippen LogP contribution in [0.4, 0.5) is 4.39 Å². The van der Waals surface area contributed by atoms with Gasteiger partial charge in [0, 0.05) is 10.2 Å². The van der Waals surface area contributed by atoms with Crippen molar-refractivity contribution in [3.8, 4) is 0 Å². The van der Waals surface area contributed by atoms with Crippen molar-refractivity contribution in [2.24, 2.45) is 0 Å². The SMILES string of the molecule is O=C(O)[C@@H]1CSCN1C(=O)c1c(F)cccc1Br. The Bertz CT molecular complexity index is 491. The van der Waals surface area contributed by atoms with E-state index < -0.39 is 23.7 Å². The van der Waals surface area contributed by atoms with Gasteiger partial charge in [0.1, 0.15) is 11.9 Å². The summed E-state index contributed by atoms with van der Waals surface area (Å²) in [6.45, 7) is 0. The number of rotatable bonds is 2. The first-order valence-electron chi connectivity index (χ1n) is 5.08. The van der Waals surface area contributed by atoms with Gasteiger partial charge in [-0.15, -0.1) is 11.8 Å². The van der Waals surface area contributed by atoms with Crippen LogP contribution >= 0.6 is 27.7 Å². The lowest BCUT2D eigenvalue weighted by Crippen LogP contribution is -2.42. The summed E-state index contributed by atoms with van der Waals surface area (Å²) in [7, 11) is 0. The monoisotopic (exact) mass is 333 g/mol. The highest BCUT2D eigenvalue weighted by molar-refractivity contribution is 9.10. The number of carbonyl (C=O) groups is 2. The summed E-state index contributed by atoms with van der Waals surface area (Å²) < 4.78 is 14.0. The van der Waals surface area contributed by atoms with Gasteiger partial charge in [0.2, 0.25) is 0 Å². The topological polar surface area (TPSA) is 57.6 Å². The minimum absolute atomic E-state index is 0.119. The van der Waals surface area contributed by atoms with Crippen LogP contribution < -0.4 is 0 Å². The summed E-state index contributed by atoms with van der Waals surface area (Å²) in [6.07, 6.45) is 0. The largest absolute Gasteiger partial charge is 0.480 e. The third-order valence-electron chi connectivity index (χ3n) is 2.60. The van der Waals surface area contributed by atoms with Gasteiger partial charge in [0.05, 0.1) is 11.4 Å². The van der Waals surface area contributed by atoms with E-state index in [0.29, 0.717) is 10.2 Å². The molecule has 0 aromatic heterocycles. The smallest absolute Gasteiger partial charge is 0.327 e. The fourth-order valence-electron chi connectivity index (χ4n) is 1.69. The molecule has 0 radical (unpaired) electrons. The molecule has 0 unspecified atom stereocenters. The molecule has 1 N–H and O–H groups in total. The Morgan fingerprint density at radius 1 is 1.50 bits per heavy atom. The Balaban J connectivity index is 2.34. The minimum atomic E-state index is -1.07. The number of benzene rings is 1. The Morgan fingerprint density at radius 2 is 2.22 bits per heavy atom. The van der Waals surface area contributed by atoms with Crippen molar-refractivity contribution in [1.29, 1.82) is 0 Å². The number of hydrogen-bond donors (Lipinski definition) is 1. The molecule has 1 aliphatic heterocycles. The molecule has 1 aromatic rings. The zero-order valence-corrected chi connectivity index (χ0v) is 11.5. The number of nitrogens with zero attached hydrogens (tertiary/aromatic N) is 1. The van der Waals surface area contributed by atoms with Crippen LogP contribution in [0.25, 0.3) is 0 Å². The molecule has 1 saturated heterocycles. The van der Waals surface area contributed by atoms with Crippen LogP contribution in [0.15, 0.2) is 22.7 Å². The van der Waals surface area contributed by atoms with Crippen molar-refractivity contribution in [1.82, 2.24) is 4.90 Å². The average Bonchev–Trinajstić information content (AvgIpc) is 2.77. The maximum atomic E-state index is 13.7. The van der Waals surface area contributed by atoms with E-state index in [-0.39, 0.29) is 11.4 Å². The molecule has 0 bridgehead atoms. The molecule has 1 aromatic carbocycles. The molecule has 18 heavy (non-hydrogen) atoms. The van der Waals surface area contributed by atoms with Crippen LogP contribution in [-0.2, 0) is 4.79 Å². The normalized spacial score (nSPS) is 19.0. The van der Waals surface area contributed by atoms with Crippen LogP contribution in [0, 0.1) is 5.82 Å². The molecule has 1 atom stereocenters. The number of thioether (sulfide) groups is 1. The van der Waals surface area contributed by atoms with Gasteiger partial charge < -0.3 is 10.0 Å². The van der Waals surface area contributed by atoms with E-state index in [1.807, 2.05) is 0 Å². The predicted octanol–water partition coefficient (Wildman–Crippen LogP) is 2.19. The number of halogens is 2. The molecule has 2 rings (SSSR count). The van der Waals surface area contributed by atoms with Gasteiger partial charge in [-0.05, 0) is 28.1 Å². The lowest BCUT2D eigenvalue weighted by molar-refractivity contribution is -0.140. The molecule has 1 fully saturated rings. The first-order chi connectivity index (χ1) is 8.52. The van der Waals surface area contributed by atoms with Gasteiger partial charge in [-0.2, -0.15) is 0 Å². The molecule has 0 aliphatic carbocycles. The molecular formula is C11H9BrFNO3S. The predicted molar refractivity (Wildman–Crippen MR) is 69.0 cm³/mol. The summed E-state index contributed by atoms with van der Waals surface area (Å²) in [4.78, 5) is 24.4. The lowest BCUT2D eigenvalue weighted by Gasteiger charge is -2.21. The van der Waals surface area contributed by atoms with Gasteiger partial charge in [-0.1, -0.05) is 6.07 Å². The van der Waals surface area contributed by atoms with Crippen LogP contribution in [-0.4, -0.2) is 39.6 Å². The number of aliphatic carboxylic acids is 1. The van der Waals surface area contributed by atoms with E-state index in [0.717, 1.165) is 0 Å². The summed E-state index contributed by atoms with van der Waals surface area (Å²) in [5.74, 6) is -1.74. The summed E-state index contributed by atoms with van der Waals surface area (Å²) in [5, 5.41) is 9.01. The second kappa shape index (κ2) is 5.27. The molecule has 1 aliphatic rings. The zero-order chi connectivity index (χ0) is 13.3. The van der Waals surface area contributed by atoms with Gasteiger partial charge >= 0.3 is 5.97 Å². The first kappa shape index (κ1) is 13.4. The summed E-state index contributed by atoms with van der Waals surface area (Å²) >= 11 is 4.45. The van der Waals surface area contributed by atoms with Gasteiger partial charge in [-0.3, -0.25) is 4.79 Å². The van der Waals surface area contributed by atoms with E-state index >= 15 is 0 Å². The highest BCUT2D eigenvalue weighted by Crippen LogP contribution is 2.27. The highest BCUT2D eigenvalue weighted by Gasteiger charge is 2.36. The number of carbonyl (C=O) groups excluding carboxylic acids is 1. The van der Waals surface area contributed by atoms with Crippen molar-refractivity contribution in [3.05, 3.63) is 34.1 Å². The summed E-state index contributed by atoms with van der Waals surface area (Å²) in [6, 6.07) is 3.31. The maximum absolute atomic E-state index is 13.7. The molecule has 96 valence electrons. The van der Waals surface area contributed by atoms with Crippen molar-refractivity contribution >= 4 is 39.6 Å². The number of amides is 1. The Morgan fingerprint density at radius 3 is 2.83 bits per heavy atom. The molecule has 1 heterocycles. The third-order valence-corrected chi connectivity index (χ3v) is 4.28. The van der Waals surface area contributed by atoms with Crippen LogP contribution in [0.1, 0.15) is 10.4 Å². The number of carboxylic acid groups (broad SMARTS) is 1. The van der Waals surface area contributed by atoms with Gasteiger partial charge in [-0.25, -0.2) is 9.18 Å². The quantitative estimate of drug-likeness (QED) is 0.901. The maximum Gasteiger partial charge on any atom is 0.327 e. The first-order valence-corrected chi connectivity index (χ1v) is 7.02. The third kappa shape index (κ3) is 2.37. The molecule has 0 spiro atoms. The van der Waals surface area contributed by atoms with Crippen molar-refractivity contribution in [2.75, 3.05) is 11.6 Å². The molecule has 1 amide bonds. The molecule has 7 heteroatoms. The highest BCUT2D eigenvalue weighted by atomic mass is 79.9. The minimum Gasteiger partial charge on any atom is -0.480 e. The van der Waals surface area contributed by atoms with E-state index in [1.165, 1.54) is 28.8 Å². The lowest BCUT2D eigenvalue weighted by atomic mass is 10.1. The van der Waals surface area contributed by atoms with E-state index in [2.05, 4.69) is 15.9 Å². The summed E-state index contributed by atoms with van der Waals surface area (Å²) in [5.41, 5.74) is -0.119. The second-order valence-corrected chi connectivity index (χ2v) is 5.58.